The van der Waals surface area contributed by atoms with E-state index in [-0.39, 0.29) is 40.7 Å². The van der Waals surface area contributed by atoms with E-state index in [0.29, 0.717) is 23.0 Å². The fraction of sp³-hybridized carbons (Fsp3) is 0.176. The van der Waals surface area contributed by atoms with Crippen molar-refractivity contribution in [1.82, 2.24) is 0 Å². The van der Waals surface area contributed by atoms with E-state index in [1.54, 1.807) is 13.8 Å². The van der Waals surface area contributed by atoms with Gasteiger partial charge in [-0.1, -0.05) is 0 Å². The fourth-order valence-corrected chi connectivity index (χ4v) is 2.63. The summed E-state index contributed by atoms with van der Waals surface area (Å²) >= 11 is 0. The summed E-state index contributed by atoms with van der Waals surface area (Å²) in [5.41, 5.74) is 1.09. The summed E-state index contributed by atoms with van der Waals surface area (Å²) in [6.07, 6.45) is 0.396. The van der Waals surface area contributed by atoms with E-state index in [0.717, 1.165) is 0 Å². The van der Waals surface area contributed by atoms with Crippen LogP contribution in [0.15, 0.2) is 12.1 Å². The number of benzene rings is 2. The van der Waals surface area contributed by atoms with Gasteiger partial charge in [0, 0.05) is 11.1 Å². The second kappa shape index (κ2) is 5.45. The third kappa shape index (κ3) is 2.21. The van der Waals surface area contributed by atoms with Crippen LogP contribution in [0.3, 0.4) is 0 Å². The smallest absolute Gasteiger partial charge is 0.342 e. The van der Waals surface area contributed by atoms with Crippen LogP contribution >= 0.6 is 0 Å². The molecule has 2 aromatic carbocycles. The molecular weight excluding hydrogens is 316 g/mol. The maximum atomic E-state index is 11.8. The lowest BCUT2D eigenvalue weighted by molar-refractivity contribution is 0.0532. The minimum absolute atomic E-state index is 0.0494. The number of carbonyl (C=O) groups excluding carboxylic acids is 2. The van der Waals surface area contributed by atoms with Crippen LogP contribution < -0.4 is 4.74 Å². The molecule has 3 N–H and O–H groups in total. The minimum Gasteiger partial charge on any atom is -0.507 e. The molecule has 7 heteroatoms. The molecule has 0 saturated carbocycles. The number of aldehydes is 1. The SMILES string of the molecule is Cc1cc(O)c(C=O)c(Oc2c(O)c(C)c3c(c2O)C(=O)OC3)c1. The van der Waals surface area contributed by atoms with E-state index >= 15 is 0 Å². The summed E-state index contributed by atoms with van der Waals surface area (Å²) in [4.78, 5) is 23.0. The number of esters is 1. The van der Waals surface area contributed by atoms with Gasteiger partial charge in [-0.15, -0.1) is 0 Å². The van der Waals surface area contributed by atoms with Crippen molar-refractivity contribution in [3.8, 4) is 28.7 Å². The number of cyclic esters (lactones) is 1. The Morgan fingerprint density at radius 2 is 1.88 bits per heavy atom. The molecule has 0 amide bonds. The molecule has 1 aliphatic rings. The van der Waals surface area contributed by atoms with Crippen LogP contribution in [0.1, 0.15) is 37.4 Å². The number of rotatable bonds is 3. The van der Waals surface area contributed by atoms with Gasteiger partial charge >= 0.3 is 5.97 Å². The van der Waals surface area contributed by atoms with Gasteiger partial charge in [0.05, 0.1) is 5.56 Å². The summed E-state index contributed by atoms with van der Waals surface area (Å²) in [7, 11) is 0. The predicted molar refractivity (Wildman–Crippen MR) is 81.9 cm³/mol. The lowest BCUT2D eigenvalue weighted by Gasteiger charge is -2.16. The molecule has 0 saturated heterocycles. The van der Waals surface area contributed by atoms with Crippen LogP contribution in [-0.4, -0.2) is 27.6 Å². The Bertz CT molecular complexity index is 883. The van der Waals surface area contributed by atoms with Gasteiger partial charge in [-0.2, -0.15) is 0 Å². The molecule has 0 unspecified atom stereocenters. The number of phenolic OH excluding ortho intramolecular Hbond substituents is 3. The number of aryl methyl sites for hydroxylation is 1. The molecule has 0 atom stereocenters. The molecule has 124 valence electrons. The zero-order valence-electron chi connectivity index (χ0n) is 12.9. The molecule has 0 fully saturated rings. The van der Waals surface area contributed by atoms with E-state index in [1.807, 2.05) is 0 Å². The average molecular weight is 330 g/mol. The van der Waals surface area contributed by atoms with Crippen molar-refractivity contribution in [2.75, 3.05) is 0 Å². The summed E-state index contributed by atoms with van der Waals surface area (Å²) in [6.45, 7) is 3.18. The van der Waals surface area contributed by atoms with E-state index in [1.165, 1.54) is 12.1 Å². The largest absolute Gasteiger partial charge is 0.507 e. The molecule has 0 spiro atoms. The Kier molecular flexibility index (Phi) is 3.56. The topological polar surface area (TPSA) is 113 Å². The van der Waals surface area contributed by atoms with Crippen molar-refractivity contribution in [3.05, 3.63) is 39.9 Å². The highest BCUT2D eigenvalue weighted by Gasteiger charge is 2.33. The number of phenols is 3. The number of fused-ring (bicyclic) bond motifs is 1. The molecule has 3 rings (SSSR count). The number of carbonyl (C=O) groups is 2. The molecular formula is C17H14O7. The highest BCUT2D eigenvalue weighted by Crippen LogP contribution is 2.48. The number of aromatic hydroxyl groups is 3. The van der Waals surface area contributed by atoms with Crippen LogP contribution in [-0.2, 0) is 11.3 Å². The predicted octanol–water partition coefficient (Wildman–Crippen LogP) is 2.70. The average Bonchev–Trinajstić information content (AvgIpc) is 2.91. The van der Waals surface area contributed by atoms with Gasteiger partial charge < -0.3 is 24.8 Å². The van der Waals surface area contributed by atoms with Crippen LogP contribution in [0.25, 0.3) is 0 Å². The normalized spacial score (nSPS) is 12.7. The van der Waals surface area contributed by atoms with Crippen molar-refractivity contribution < 1.29 is 34.4 Å². The van der Waals surface area contributed by atoms with Gasteiger partial charge in [0.2, 0.25) is 5.75 Å². The maximum absolute atomic E-state index is 11.8. The lowest BCUT2D eigenvalue weighted by atomic mass is 10.0. The van der Waals surface area contributed by atoms with Crippen LogP contribution in [0.2, 0.25) is 0 Å². The Morgan fingerprint density at radius 1 is 1.17 bits per heavy atom. The second-order valence-corrected chi connectivity index (χ2v) is 5.50. The zero-order valence-corrected chi connectivity index (χ0v) is 12.9. The maximum Gasteiger partial charge on any atom is 0.342 e. The molecule has 1 aliphatic heterocycles. The molecule has 0 aromatic heterocycles. The standard InChI is InChI=1S/C17H14O7/c1-7-3-11(19)9(5-18)12(4-7)24-16-14(20)8(2)10-6-23-17(22)13(10)15(16)21/h3-5,19-21H,6H2,1-2H3. The van der Waals surface area contributed by atoms with E-state index in [4.69, 9.17) is 9.47 Å². The van der Waals surface area contributed by atoms with Crippen molar-refractivity contribution >= 4 is 12.3 Å². The van der Waals surface area contributed by atoms with E-state index in [2.05, 4.69) is 0 Å². The number of hydrogen-bond donors (Lipinski definition) is 3. The first-order valence-corrected chi connectivity index (χ1v) is 7.06. The molecule has 2 aromatic rings. The molecule has 1 heterocycles. The van der Waals surface area contributed by atoms with Gasteiger partial charge in [-0.05, 0) is 31.5 Å². The quantitative estimate of drug-likeness (QED) is 0.585. The number of hydrogen-bond acceptors (Lipinski definition) is 7. The molecule has 0 radical (unpaired) electrons. The summed E-state index contributed by atoms with van der Waals surface area (Å²) < 4.78 is 10.3. The van der Waals surface area contributed by atoms with Gasteiger partial charge in [-0.25, -0.2) is 4.79 Å². The van der Waals surface area contributed by atoms with Gasteiger partial charge in [0.25, 0.3) is 0 Å². The summed E-state index contributed by atoms with van der Waals surface area (Å²) in [6, 6.07) is 2.84. The highest BCUT2D eigenvalue weighted by molar-refractivity contribution is 5.98. The first-order chi connectivity index (χ1) is 11.3. The van der Waals surface area contributed by atoms with Gasteiger partial charge in [-0.3, -0.25) is 4.79 Å². The zero-order chi connectivity index (χ0) is 17.6. The van der Waals surface area contributed by atoms with Gasteiger partial charge in [0.15, 0.2) is 17.8 Å². The van der Waals surface area contributed by atoms with E-state index in [9.17, 15) is 24.9 Å². The lowest BCUT2D eigenvalue weighted by Crippen LogP contribution is -2.00. The molecule has 7 nitrogen and oxygen atoms in total. The van der Waals surface area contributed by atoms with Crippen LogP contribution in [0.5, 0.6) is 28.7 Å². The van der Waals surface area contributed by atoms with Crippen LogP contribution in [0, 0.1) is 13.8 Å². The Morgan fingerprint density at radius 3 is 2.54 bits per heavy atom. The Hall–Kier alpha value is -3.22. The van der Waals surface area contributed by atoms with Crippen LogP contribution in [0.4, 0.5) is 0 Å². The fourth-order valence-electron chi connectivity index (χ4n) is 2.63. The first kappa shape index (κ1) is 15.7. The molecule has 0 bridgehead atoms. The monoisotopic (exact) mass is 330 g/mol. The molecule has 24 heavy (non-hydrogen) atoms. The number of ether oxygens (including phenoxy) is 2. The van der Waals surface area contributed by atoms with Crippen molar-refractivity contribution in [2.24, 2.45) is 0 Å². The Labute approximate surface area is 136 Å². The van der Waals surface area contributed by atoms with Gasteiger partial charge in [0.1, 0.15) is 23.7 Å². The first-order valence-electron chi connectivity index (χ1n) is 7.06. The minimum atomic E-state index is -0.724. The highest BCUT2D eigenvalue weighted by atomic mass is 16.5. The third-order valence-corrected chi connectivity index (χ3v) is 3.92. The van der Waals surface area contributed by atoms with E-state index < -0.39 is 11.7 Å². The molecule has 0 aliphatic carbocycles. The Balaban J connectivity index is 2.20. The third-order valence-electron chi connectivity index (χ3n) is 3.92. The van der Waals surface area contributed by atoms with Crippen molar-refractivity contribution in [3.63, 3.8) is 0 Å². The van der Waals surface area contributed by atoms with Crippen molar-refractivity contribution in [1.29, 1.82) is 0 Å². The van der Waals surface area contributed by atoms with Crippen molar-refractivity contribution in [2.45, 2.75) is 20.5 Å². The second-order valence-electron chi connectivity index (χ2n) is 5.50. The summed E-state index contributed by atoms with van der Waals surface area (Å²) in [5.74, 6) is -2.40. The summed E-state index contributed by atoms with van der Waals surface area (Å²) in [5, 5.41) is 30.4.